The normalized spacial score (nSPS) is 26.1. The number of nitrogens with zero attached hydrogens (tertiary/aromatic N) is 1. The predicted octanol–water partition coefficient (Wildman–Crippen LogP) is -0.174. The Labute approximate surface area is 166 Å². The molecule has 0 spiro atoms. The number of nitrogens with one attached hydrogen (secondary N) is 3. The van der Waals surface area contributed by atoms with Gasteiger partial charge in [0.05, 0.1) is 18.5 Å². The number of carbonyl (C=O) groups is 5. The van der Waals surface area contributed by atoms with E-state index in [1.165, 1.54) is 0 Å². The molecule has 11 heteroatoms. The first-order chi connectivity index (χ1) is 13.4. The molecule has 5 amide bonds. The van der Waals surface area contributed by atoms with Gasteiger partial charge in [-0.05, 0) is 12.8 Å². The zero-order valence-corrected chi connectivity index (χ0v) is 16.2. The van der Waals surface area contributed by atoms with Crippen LogP contribution in [0, 0.1) is 0 Å². The maximum Gasteiger partial charge on any atom is 0.334 e. The lowest BCUT2D eigenvalue weighted by Gasteiger charge is -2.16. The van der Waals surface area contributed by atoms with Crippen molar-refractivity contribution in [1.29, 1.82) is 0 Å². The average Bonchev–Trinajstić information content (AvgIpc) is 3.29. The lowest BCUT2D eigenvalue weighted by Crippen LogP contribution is -2.36. The molecule has 0 aromatic rings. The minimum absolute atomic E-state index is 0.0481. The molecule has 3 saturated heterocycles. The number of hydrogen-bond acceptors (Lipinski definition) is 7. The van der Waals surface area contributed by atoms with Crippen molar-refractivity contribution in [2.45, 2.75) is 62.3 Å². The minimum atomic E-state index is -0.732. The van der Waals surface area contributed by atoms with E-state index in [1.54, 1.807) is 0 Å². The van der Waals surface area contributed by atoms with Crippen molar-refractivity contribution in [1.82, 2.24) is 21.0 Å². The highest BCUT2D eigenvalue weighted by Crippen LogP contribution is 2.33. The maximum absolute atomic E-state index is 11.8. The highest BCUT2D eigenvalue weighted by atomic mass is 32.2. The van der Waals surface area contributed by atoms with Gasteiger partial charge in [-0.3, -0.25) is 14.4 Å². The van der Waals surface area contributed by atoms with E-state index in [0.29, 0.717) is 16.7 Å². The van der Waals surface area contributed by atoms with Crippen LogP contribution >= 0.6 is 11.8 Å². The molecule has 3 fully saturated rings. The monoisotopic (exact) mass is 412 g/mol. The summed E-state index contributed by atoms with van der Waals surface area (Å²) in [6.07, 6.45) is 2.88. The summed E-state index contributed by atoms with van der Waals surface area (Å²) in [6, 6.07) is 0.278. The van der Waals surface area contributed by atoms with Gasteiger partial charge < -0.3 is 20.8 Å². The Hall–Kier alpha value is -2.30. The predicted molar refractivity (Wildman–Crippen MR) is 98.8 cm³/mol. The number of carbonyl (C=O) groups excluding carboxylic acids is 5. The van der Waals surface area contributed by atoms with Gasteiger partial charge in [-0.1, -0.05) is 6.42 Å². The van der Waals surface area contributed by atoms with Gasteiger partial charge in [0.2, 0.25) is 5.91 Å². The largest absolute Gasteiger partial charge is 0.356 e. The Balaban J connectivity index is 1.23. The molecule has 0 radical (unpaired) electrons. The number of fused-ring (bicyclic) bond motifs is 1. The van der Waals surface area contributed by atoms with Crippen LogP contribution in [0.3, 0.4) is 0 Å². The Morgan fingerprint density at radius 1 is 1.11 bits per heavy atom. The van der Waals surface area contributed by atoms with Crippen LogP contribution in [0.15, 0.2) is 0 Å². The number of amides is 5. The molecule has 0 saturated carbocycles. The fourth-order valence-corrected chi connectivity index (χ4v) is 5.02. The molecule has 0 bridgehead atoms. The second-order valence-corrected chi connectivity index (χ2v) is 8.28. The third-order valence-electron chi connectivity index (χ3n) is 4.93. The van der Waals surface area contributed by atoms with Crippen molar-refractivity contribution in [3.05, 3.63) is 0 Å². The molecule has 0 aromatic carbocycles. The second kappa shape index (κ2) is 9.26. The number of rotatable bonds is 9. The standard InChI is InChI=1S/C17H24N4O6S/c22-12(18-8-7-15(25)27-21-13(23)5-6-14(21)24)4-2-1-3-11-16-10(9-28-11)19-17(26)20-16/h10-11,16H,1-9H2,(H,18,22)(H2,19,20,26). The highest BCUT2D eigenvalue weighted by Gasteiger charge is 2.42. The van der Waals surface area contributed by atoms with Gasteiger partial charge in [-0.15, -0.1) is 5.06 Å². The van der Waals surface area contributed by atoms with Crippen molar-refractivity contribution < 1.29 is 28.8 Å². The molecular weight excluding hydrogens is 388 g/mol. The van der Waals surface area contributed by atoms with Gasteiger partial charge in [0, 0.05) is 36.8 Å². The number of urea groups is 1. The molecule has 0 aliphatic carbocycles. The molecule has 3 heterocycles. The van der Waals surface area contributed by atoms with Gasteiger partial charge in [0.1, 0.15) is 0 Å². The van der Waals surface area contributed by atoms with Crippen molar-refractivity contribution in [2.75, 3.05) is 12.3 Å². The first kappa shape index (κ1) is 20.4. The SMILES string of the molecule is O=C(CCCCC1SCC2NC(=O)NC21)NCCC(=O)ON1C(=O)CCC1=O. The Bertz CT molecular complexity index is 656. The van der Waals surface area contributed by atoms with Crippen LogP contribution in [0.25, 0.3) is 0 Å². The van der Waals surface area contributed by atoms with Crippen LogP contribution in [0.1, 0.15) is 44.9 Å². The summed E-state index contributed by atoms with van der Waals surface area (Å²) in [6.45, 7) is 0.0911. The highest BCUT2D eigenvalue weighted by molar-refractivity contribution is 8.00. The van der Waals surface area contributed by atoms with E-state index >= 15 is 0 Å². The van der Waals surface area contributed by atoms with Crippen molar-refractivity contribution >= 4 is 41.5 Å². The van der Waals surface area contributed by atoms with Crippen LogP contribution < -0.4 is 16.0 Å². The molecule has 3 aliphatic rings. The third-order valence-corrected chi connectivity index (χ3v) is 6.44. The third kappa shape index (κ3) is 5.15. The zero-order chi connectivity index (χ0) is 20.1. The molecule has 3 aliphatic heterocycles. The van der Waals surface area contributed by atoms with E-state index in [1.807, 2.05) is 11.8 Å². The molecule has 10 nitrogen and oxygen atoms in total. The topological polar surface area (TPSA) is 134 Å². The van der Waals surface area contributed by atoms with Gasteiger partial charge in [0.15, 0.2) is 0 Å². The lowest BCUT2D eigenvalue weighted by atomic mass is 10.0. The summed E-state index contributed by atoms with van der Waals surface area (Å²) >= 11 is 1.84. The summed E-state index contributed by atoms with van der Waals surface area (Å²) in [5.41, 5.74) is 0. The van der Waals surface area contributed by atoms with Crippen molar-refractivity contribution in [2.24, 2.45) is 0 Å². The van der Waals surface area contributed by atoms with Crippen molar-refractivity contribution in [3.8, 4) is 0 Å². The molecule has 28 heavy (non-hydrogen) atoms. The van der Waals surface area contributed by atoms with Crippen molar-refractivity contribution in [3.63, 3.8) is 0 Å². The summed E-state index contributed by atoms with van der Waals surface area (Å²) in [5, 5.41) is 9.35. The van der Waals surface area contributed by atoms with Crippen LogP contribution in [0.4, 0.5) is 4.79 Å². The second-order valence-electron chi connectivity index (χ2n) is 7.01. The molecule has 3 rings (SSSR count). The van der Waals surface area contributed by atoms with Gasteiger partial charge in [-0.2, -0.15) is 11.8 Å². The molecule has 3 unspecified atom stereocenters. The van der Waals surface area contributed by atoms with E-state index in [4.69, 9.17) is 4.84 Å². The quantitative estimate of drug-likeness (QED) is 0.272. The summed E-state index contributed by atoms with van der Waals surface area (Å²) in [5.74, 6) is -1.03. The number of imide groups is 1. The fraction of sp³-hybridized carbons (Fsp3) is 0.706. The molecule has 3 N–H and O–H groups in total. The molecule has 154 valence electrons. The minimum Gasteiger partial charge on any atom is -0.356 e. The van der Waals surface area contributed by atoms with Gasteiger partial charge >= 0.3 is 12.0 Å². The maximum atomic E-state index is 11.8. The van der Waals surface area contributed by atoms with E-state index < -0.39 is 17.8 Å². The smallest absolute Gasteiger partial charge is 0.334 e. The zero-order valence-electron chi connectivity index (χ0n) is 15.4. The Morgan fingerprint density at radius 2 is 1.86 bits per heavy atom. The van der Waals surface area contributed by atoms with Crippen LogP contribution in [-0.2, 0) is 24.0 Å². The van der Waals surface area contributed by atoms with Gasteiger partial charge in [0.25, 0.3) is 11.8 Å². The summed E-state index contributed by atoms with van der Waals surface area (Å²) in [7, 11) is 0. The number of unbranched alkanes of at least 4 members (excludes halogenated alkanes) is 1. The average molecular weight is 412 g/mol. The van der Waals surface area contributed by atoms with Crippen LogP contribution in [-0.4, -0.2) is 64.4 Å². The number of hydrogen-bond donors (Lipinski definition) is 3. The summed E-state index contributed by atoms with van der Waals surface area (Å²) < 4.78 is 0. The lowest BCUT2D eigenvalue weighted by molar-refractivity contribution is -0.197. The Kier molecular flexibility index (Phi) is 6.76. The van der Waals surface area contributed by atoms with E-state index in [-0.39, 0.29) is 49.8 Å². The van der Waals surface area contributed by atoms with E-state index in [2.05, 4.69) is 16.0 Å². The van der Waals surface area contributed by atoms with Gasteiger partial charge in [-0.25, -0.2) is 9.59 Å². The molecule has 3 atom stereocenters. The van der Waals surface area contributed by atoms with Crippen LogP contribution in [0.2, 0.25) is 0 Å². The van der Waals surface area contributed by atoms with E-state index in [0.717, 1.165) is 25.0 Å². The first-order valence-corrected chi connectivity index (χ1v) is 10.5. The molecular formula is C17H24N4O6S. The summed E-state index contributed by atoms with van der Waals surface area (Å²) in [4.78, 5) is 62.3. The Morgan fingerprint density at radius 3 is 2.61 bits per heavy atom. The van der Waals surface area contributed by atoms with Crippen LogP contribution in [0.5, 0.6) is 0 Å². The van der Waals surface area contributed by atoms with E-state index in [9.17, 15) is 24.0 Å². The number of hydroxylamine groups is 2. The first-order valence-electron chi connectivity index (χ1n) is 9.46. The number of thioether (sulfide) groups is 1. The fourth-order valence-electron chi connectivity index (χ4n) is 3.47. The molecule has 0 aromatic heterocycles.